The summed E-state index contributed by atoms with van der Waals surface area (Å²) in [7, 11) is 1.13. The molecular formula is C16H16F3N7O. The third-order valence-corrected chi connectivity index (χ3v) is 4.53. The molecule has 0 amide bonds. The van der Waals surface area contributed by atoms with Gasteiger partial charge in [-0.3, -0.25) is 4.68 Å². The van der Waals surface area contributed by atoms with Gasteiger partial charge in [-0.25, -0.2) is 9.97 Å². The van der Waals surface area contributed by atoms with E-state index in [0.29, 0.717) is 11.9 Å². The van der Waals surface area contributed by atoms with Gasteiger partial charge < -0.3 is 14.6 Å². The first-order valence-electron chi connectivity index (χ1n) is 8.19. The van der Waals surface area contributed by atoms with Gasteiger partial charge in [0, 0.05) is 25.1 Å². The Hall–Kier alpha value is -3.11. The number of nitrogens with one attached hydrogen (secondary N) is 1. The van der Waals surface area contributed by atoms with Crippen LogP contribution in [-0.2, 0) is 12.7 Å². The van der Waals surface area contributed by atoms with Gasteiger partial charge in [0.1, 0.15) is 17.4 Å². The van der Waals surface area contributed by atoms with Crippen molar-refractivity contribution in [3.63, 3.8) is 0 Å². The summed E-state index contributed by atoms with van der Waals surface area (Å²) in [4.78, 5) is 11.9. The van der Waals surface area contributed by atoms with Gasteiger partial charge in [-0.05, 0) is 13.3 Å². The van der Waals surface area contributed by atoms with Crippen LogP contribution in [0.3, 0.4) is 0 Å². The van der Waals surface area contributed by atoms with Gasteiger partial charge in [-0.1, -0.05) is 0 Å². The predicted octanol–water partition coefficient (Wildman–Crippen LogP) is 2.94. The molecular weight excluding hydrogens is 363 g/mol. The van der Waals surface area contributed by atoms with E-state index >= 15 is 0 Å². The molecule has 8 nitrogen and oxygen atoms in total. The Labute approximate surface area is 152 Å². The summed E-state index contributed by atoms with van der Waals surface area (Å²) >= 11 is 0. The number of anilines is 2. The first-order valence-corrected chi connectivity index (χ1v) is 8.19. The van der Waals surface area contributed by atoms with Crippen LogP contribution in [0.4, 0.5) is 24.8 Å². The number of hydrogen-bond donors (Lipinski definition) is 1. The fraction of sp³-hybridized carbons (Fsp3) is 0.375. The predicted molar refractivity (Wildman–Crippen MR) is 88.8 cm³/mol. The van der Waals surface area contributed by atoms with Crippen molar-refractivity contribution in [3.8, 4) is 5.88 Å². The van der Waals surface area contributed by atoms with E-state index < -0.39 is 17.6 Å². The van der Waals surface area contributed by atoms with Crippen LogP contribution in [-0.4, -0.2) is 36.4 Å². The quantitative estimate of drug-likeness (QED) is 0.751. The van der Waals surface area contributed by atoms with Crippen molar-refractivity contribution in [3.05, 3.63) is 41.9 Å². The van der Waals surface area contributed by atoms with E-state index in [2.05, 4.69) is 29.9 Å². The fourth-order valence-electron chi connectivity index (χ4n) is 3.19. The van der Waals surface area contributed by atoms with Crippen molar-refractivity contribution in [2.45, 2.75) is 32.1 Å². The Kier molecular flexibility index (Phi) is 4.01. The van der Waals surface area contributed by atoms with E-state index in [9.17, 15) is 13.2 Å². The lowest BCUT2D eigenvalue weighted by Gasteiger charge is -2.13. The number of imidazole rings is 1. The van der Waals surface area contributed by atoms with Crippen molar-refractivity contribution in [2.24, 2.45) is 0 Å². The highest BCUT2D eigenvalue weighted by Gasteiger charge is 2.36. The molecule has 0 spiro atoms. The first-order chi connectivity index (χ1) is 12.9. The van der Waals surface area contributed by atoms with Crippen LogP contribution in [0, 0.1) is 6.92 Å². The van der Waals surface area contributed by atoms with Crippen LogP contribution in [0.5, 0.6) is 5.88 Å². The van der Waals surface area contributed by atoms with E-state index in [4.69, 9.17) is 4.74 Å². The molecule has 1 atom stereocenters. The molecule has 0 saturated heterocycles. The zero-order valence-corrected chi connectivity index (χ0v) is 14.5. The topological polar surface area (TPSA) is 82.7 Å². The largest absolute Gasteiger partial charge is 0.480 e. The minimum atomic E-state index is -4.59. The second-order valence-electron chi connectivity index (χ2n) is 6.11. The number of alkyl halides is 3. The van der Waals surface area contributed by atoms with Crippen molar-refractivity contribution < 1.29 is 17.9 Å². The number of hydrogen-bond acceptors (Lipinski definition) is 6. The number of aryl methyl sites for hydroxylation is 1. The van der Waals surface area contributed by atoms with Gasteiger partial charge in [0.05, 0.1) is 24.7 Å². The highest BCUT2D eigenvalue weighted by molar-refractivity contribution is 5.56. The number of ether oxygens (including phenoxy) is 1. The number of methoxy groups -OCH3 is 1. The molecule has 0 aromatic carbocycles. The minimum Gasteiger partial charge on any atom is -0.480 e. The highest BCUT2D eigenvalue weighted by atomic mass is 19.4. The Morgan fingerprint density at radius 3 is 2.81 bits per heavy atom. The van der Waals surface area contributed by atoms with Gasteiger partial charge in [-0.15, -0.1) is 0 Å². The van der Waals surface area contributed by atoms with E-state index in [1.807, 2.05) is 17.8 Å². The monoisotopic (exact) mass is 379 g/mol. The minimum absolute atomic E-state index is 0.00424. The molecule has 142 valence electrons. The van der Waals surface area contributed by atoms with Crippen LogP contribution in [0.15, 0.2) is 24.8 Å². The molecule has 0 aliphatic carbocycles. The molecule has 0 bridgehead atoms. The molecule has 4 rings (SSSR count). The number of fused-ring (bicyclic) bond motifs is 1. The molecule has 0 saturated carbocycles. The Morgan fingerprint density at radius 2 is 2.07 bits per heavy atom. The summed E-state index contributed by atoms with van der Waals surface area (Å²) in [6, 6.07) is 0.0126. The van der Waals surface area contributed by atoms with Crippen LogP contribution >= 0.6 is 0 Å². The fourth-order valence-corrected chi connectivity index (χ4v) is 3.19. The lowest BCUT2D eigenvalue weighted by Crippen LogP contribution is -2.12. The molecule has 3 aromatic rings. The lowest BCUT2D eigenvalue weighted by molar-refractivity contribution is -0.139. The molecule has 4 heterocycles. The van der Waals surface area contributed by atoms with Gasteiger partial charge >= 0.3 is 6.18 Å². The summed E-state index contributed by atoms with van der Waals surface area (Å²) in [5.41, 5.74) is 0.376. The van der Waals surface area contributed by atoms with Crippen LogP contribution in [0.25, 0.3) is 0 Å². The summed E-state index contributed by atoms with van der Waals surface area (Å²) < 4.78 is 47.5. The molecule has 3 aromatic heterocycles. The standard InChI is InChI=1S/C16H16F3N7O/c1-9-11(8-22-26(9)12-3-5-25-6-4-20-13(12)25)23-15-21-7-10(16(17,18)19)14(24-15)27-2/h4,6-8,12H,3,5H2,1-2H3,(H,21,23,24)/t12-/m0/s1. The Balaban J connectivity index is 1.61. The SMILES string of the molecule is COc1nc(Nc2cnn([C@H]3CCn4ccnc43)c2C)ncc1C(F)(F)F. The maximum absolute atomic E-state index is 12.9. The average Bonchev–Trinajstić information content (AvgIpc) is 3.31. The van der Waals surface area contributed by atoms with E-state index in [1.165, 1.54) is 0 Å². The molecule has 0 unspecified atom stereocenters. The first kappa shape index (κ1) is 17.3. The second-order valence-corrected chi connectivity index (χ2v) is 6.11. The van der Waals surface area contributed by atoms with Crippen LogP contribution < -0.4 is 10.1 Å². The van der Waals surface area contributed by atoms with E-state index in [-0.39, 0.29) is 12.0 Å². The van der Waals surface area contributed by atoms with Gasteiger partial charge in [0.15, 0.2) is 0 Å². The Bertz CT molecular complexity index is 979. The number of nitrogens with zero attached hydrogens (tertiary/aromatic N) is 6. The Morgan fingerprint density at radius 1 is 1.26 bits per heavy atom. The molecule has 1 aliphatic heterocycles. The normalized spacial score (nSPS) is 16.4. The van der Waals surface area contributed by atoms with E-state index in [1.54, 1.807) is 12.4 Å². The highest BCUT2D eigenvalue weighted by Crippen LogP contribution is 2.35. The number of rotatable bonds is 4. The zero-order chi connectivity index (χ0) is 19.2. The van der Waals surface area contributed by atoms with E-state index in [0.717, 1.165) is 31.6 Å². The third-order valence-electron chi connectivity index (χ3n) is 4.53. The van der Waals surface area contributed by atoms with Crippen molar-refractivity contribution in [2.75, 3.05) is 12.4 Å². The second kappa shape index (κ2) is 6.25. The van der Waals surface area contributed by atoms with Gasteiger partial charge in [0.2, 0.25) is 11.8 Å². The molecule has 1 aliphatic rings. The maximum Gasteiger partial charge on any atom is 0.423 e. The zero-order valence-electron chi connectivity index (χ0n) is 14.5. The summed E-state index contributed by atoms with van der Waals surface area (Å²) in [5, 5.41) is 7.31. The van der Waals surface area contributed by atoms with Crippen molar-refractivity contribution in [1.29, 1.82) is 0 Å². The molecule has 1 N–H and O–H groups in total. The molecule has 27 heavy (non-hydrogen) atoms. The molecule has 0 fully saturated rings. The number of halogens is 3. The van der Waals surface area contributed by atoms with Crippen molar-refractivity contribution in [1.82, 2.24) is 29.3 Å². The maximum atomic E-state index is 12.9. The molecule has 11 heteroatoms. The lowest BCUT2D eigenvalue weighted by atomic mass is 10.2. The average molecular weight is 379 g/mol. The summed E-state index contributed by atoms with van der Waals surface area (Å²) in [5.74, 6) is 0.387. The summed E-state index contributed by atoms with van der Waals surface area (Å²) in [6.07, 6.45) is 2.25. The van der Waals surface area contributed by atoms with Crippen molar-refractivity contribution >= 4 is 11.6 Å². The van der Waals surface area contributed by atoms with Crippen LogP contribution in [0.1, 0.15) is 29.5 Å². The third kappa shape index (κ3) is 2.98. The van der Waals surface area contributed by atoms with Gasteiger partial charge in [-0.2, -0.15) is 23.3 Å². The molecule has 0 radical (unpaired) electrons. The van der Waals surface area contributed by atoms with Gasteiger partial charge in [0.25, 0.3) is 0 Å². The number of aromatic nitrogens is 6. The summed E-state index contributed by atoms with van der Waals surface area (Å²) in [6.45, 7) is 2.73. The smallest absolute Gasteiger partial charge is 0.423 e. The van der Waals surface area contributed by atoms with Crippen LogP contribution in [0.2, 0.25) is 0 Å².